The van der Waals surface area contributed by atoms with Gasteiger partial charge in [-0.25, -0.2) is 0 Å². The van der Waals surface area contributed by atoms with Crippen molar-refractivity contribution in [3.63, 3.8) is 0 Å². The van der Waals surface area contributed by atoms with E-state index < -0.39 is 17.6 Å². The molecule has 0 radical (unpaired) electrons. The first-order chi connectivity index (χ1) is 9.83. The van der Waals surface area contributed by atoms with E-state index in [0.717, 1.165) is 37.6 Å². The highest BCUT2D eigenvalue weighted by atomic mass is 19.4. The highest BCUT2D eigenvalue weighted by Gasteiger charge is 2.57. The SMILES string of the molecule is NC1CC(NC(=O)c2cc(C(F)(F)F)ccn2)C12CCC2. The molecule has 4 nitrogen and oxygen atoms in total. The van der Waals surface area contributed by atoms with E-state index >= 15 is 0 Å². The summed E-state index contributed by atoms with van der Waals surface area (Å²) in [6, 6.07) is 1.65. The Hall–Kier alpha value is -1.63. The number of hydrogen-bond donors (Lipinski definition) is 2. The zero-order chi connectivity index (χ0) is 15.3. The van der Waals surface area contributed by atoms with Crippen molar-refractivity contribution >= 4 is 5.91 Å². The summed E-state index contributed by atoms with van der Waals surface area (Å²) in [6.07, 6.45) is 0.214. The standard InChI is InChI=1S/C14H16F3N3O/c15-14(16,17)8-2-5-19-9(6-8)12(21)20-11-7-10(18)13(11)3-1-4-13/h2,5-6,10-11H,1,3-4,7,18H2,(H,20,21). The molecule has 2 aliphatic carbocycles. The molecule has 2 aliphatic rings. The van der Waals surface area contributed by atoms with Gasteiger partial charge >= 0.3 is 6.18 Å². The molecule has 1 spiro atoms. The summed E-state index contributed by atoms with van der Waals surface area (Å²) >= 11 is 0. The maximum atomic E-state index is 12.6. The molecule has 1 aromatic rings. The Balaban J connectivity index is 1.72. The molecule has 7 heteroatoms. The van der Waals surface area contributed by atoms with Crippen LogP contribution in [0.4, 0.5) is 13.2 Å². The number of alkyl halides is 3. The minimum Gasteiger partial charge on any atom is -0.347 e. The normalized spacial score (nSPS) is 26.9. The third-order valence-corrected chi connectivity index (χ3v) is 4.83. The lowest BCUT2D eigenvalue weighted by Gasteiger charge is -2.60. The number of carbonyl (C=O) groups is 1. The Labute approximate surface area is 119 Å². The van der Waals surface area contributed by atoms with Crippen LogP contribution in [0.15, 0.2) is 18.3 Å². The molecule has 114 valence electrons. The smallest absolute Gasteiger partial charge is 0.347 e. The first kappa shape index (κ1) is 14.3. The van der Waals surface area contributed by atoms with Gasteiger partial charge < -0.3 is 11.1 Å². The van der Waals surface area contributed by atoms with Crippen molar-refractivity contribution in [2.24, 2.45) is 11.1 Å². The molecule has 2 atom stereocenters. The second-order valence-electron chi connectivity index (χ2n) is 5.88. The largest absolute Gasteiger partial charge is 0.416 e. The van der Waals surface area contributed by atoms with Crippen LogP contribution in [0.2, 0.25) is 0 Å². The van der Waals surface area contributed by atoms with Crippen molar-refractivity contribution in [2.75, 3.05) is 0 Å². The zero-order valence-corrected chi connectivity index (χ0v) is 11.3. The van der Waals surface area contributed by atoms with Crippen molar-refractivity contribution in [1.82, 2.24) is 10.3 Å². The van der Waals surface area contributed by atoms with Crippen LogP contribution in [0.3, 0.4) is 0 Å². The quantitative estimate of drug-likeness (QED) is 0.878. The molecular formula is C14H16F3N3O. The fraction of sp³-hybridized carbons (Fsp3) is 0.571. The monoisotopic (exact) mass is 299 g/mol. The van der Waals surface area contributed by atoms with Gasteiger partial charge in [0, 0.05) is 23.7 Å². The fourth-order valence-electron chi connectivity index (χ4n) is 3.29. The van der Waals surface area contributed by atoms with Crippen LogP contribution in [-0.2, 0) is 6.18 Å². The third kappa shape index (κ3) is 2.29. The first-order valence-corrected chi connectivity index (χ1v) is 6.93. The van der Waals surface area contributed by atoms with Gasteiger partial charge in [-0.15, -0.1) is 0 Å². The molecular weight excluding hydrogens is 283 g/mol. The van der Waals surface area contributed by atoms with Crippen molar-refractivity contribution in [3.8, 4) is 0 Å². The maximum absolute atomic E-state index is 12.6. The molecule has 0 aliphatic heterocycles. The molecule has 1 heterocycles. The molecule has 21 heavy (non-hydrogen) atoms. The minimum absolute atomic E-state index is 0.0443. The number of nitrogens with zero attached hydrogens (tertiary/aromatic N) is 1. The minimum atomic E-state index is -4.48. The van der Waals surface area contributed by atoms with Crippen LogP contribution in [0, 0.1) is 5.41 Å². The summed E-state index contributed by atoms with van der Waals surface area (Å²) in [6.45, 7) is 0. The molecule has 3 rings (SSSR count). The number of halogens is 3. The van der Waals surface area contributed by atoms with Crippen molar-refractivity contribution in [3.05, 3.63) is 29.6 Å². The highest BCUT2D eigenvalue weighted by Crippen LogP contribution is 2.55. The Bertz CT molecular complexity index is 569. The van der Waals surface area contributed by atoms with Gasteiger partial charge in [-0.2, -0.15) is 13.2 Å². The van der Waals surface area contributed by atoms with Crippen molar-refractivity contribution < 1.29 is 18.0 Å². The summed E-state index contributed by atoms with van der Waals surface area (Å²) in [4.78, 5) is 15.8. The van der Waals surface area contributed by atoms with Gasteiger partial charge in [0.05, 0.1) is 5.56 Å². The lowest BCUT2D eigenvalue weighted by molar-refractivity contribution is -0.137. The molecule has 0 bridgehead atoms. The number of hydrogen-bond acceptors (Lipinski definition) is 3. The van der Waals surface area contributed by atoms with E-state index in [-0.39, 0.29) is 23.2 Å². The van der Waals surface area contributed by atoms with Gasteiger partial charge in [0.15, 0.2) is 0 Å². The molecule has 1 amide bonds. The predicted molar refractivity (Wildman–Crippen MR) is 69.4 cm³/mol. The summed E-state index contributed by atoms with van der Waals surface area (Å²) in [5, 5.41) is 2.79. The van der Waals surface area contributed by atoms with E-state index in [1.54, 1.807) is 0 Å². The van der Waals surface area contributed by atoms with E-state index in [2.05, 4.69) is 10.3 Å². The number of nitrogens with one attached hydrogen (secondary N) is 1. The number of pyridine rings is 1. The zero-order valence-electron chi connectivity index (χ0n) is 11.3. The number of aromatic nitrogens is 1. The van der Waals surface area contributed by atoms with E-state index in [1.807, 2.05) is 0 Å². The maximum Gasteiger partial charge on any atom is 0.416 e. The highest BCUT2D eigenvalue weighted by molar-refractivity contribution is 5.92. The van der Waals surface area contributed by atoms with Crippen LogP contribution >= 0.6 is 0 Å². The Morgan fingerprint density at radius 1 is 1.43 bits per heavy atom. The van der Waals surface area contributed by atoms with Crippen LogP contribution in [0.25, 0.3) is 0 Å². The molecule has 2 saturated carbocycles. The predicted octanol–water partition coefficient (Wildman–Crippen LogP) is 2.10. The van der Waals surface area contributed by atoms with Crippen LogP contribution in [0.5, 0.6) is 0 Å². The topological polar surface area (TPSA) is 68.0 Å². The van der Waals surface area contributed by atoms with E-state index in [9.17, 15) is 18.0 Å². The lowest BCUT2D eigenvalue weighted by Crippen LogP contribution is -2.69. The summed E-state index contributed by atoms with van der Waals surface area (Å²) < 4.78 is 37.9. The molecule has 0 saturated heterocycles. The summed E-state index contributed by atoms with van der Waals surface area (Å²) in [5.41, 5.74) is 4.87. The molecule has 3 N–H and O–H groups in total. The van der Waals surface area contributed by atoms with Crippen LogP contribution < -0.4 is 11.1 Å². The van der Waals surface area contributed by atoms with Crippen LogP contribution in [-0.4, -0.2) is 23.0 Å². The number of amides is 1. The van der Waals surface area contributed by atoms with Gasteiger partial charge in [0.25, 0.3) is 5.91 Å². The van der Waals surface area contributed by atoms with Crippen molar-refractivity contribution in [2.45, 2.75) is 43.9 Å². The third-order valence-electron chi connectivity index (χ3n) is 4.83. The van der Waals surface area contributed by atoms with Crippen LogP contribution in [0.1, 0.15) is 41.7 Å². The lowest BCUT2D eigenvalue weighted by atomic mass is 9.50. The van der Waals surface area contributed by atoms with Gasteiger partial charge in [0.1, 0.15) is 5.69 Å². The Kier molecular flexibility index (Phi) is 3.20. The molecule has 0 aromatic carbocycles. The number of rotatable bonds is 2. The molecule has 2 unspecified atom stereocenters. The van der Waals surface area contributed by atoms with Gasteiger partial charge in [-0.3, -0.25) is 9.78 Å². The Morgan fingerprint density at radius 3 is 2.67 bits per heavy atom. The molecule has 2 fully saturated rings. The van der Waals surface area contributed by atoms with E-state index in [4.69, 9.17) is 5.73 Å². The second kappa shape index (κ2) is 4.69. The van der Waals surface area contributed by atoms with E-state index in [1.165, 1.54) is 0 Å². The fourth-order valence-corrected chi connectivity index (χ4v) is 3.29. The van der Waals surface area contributed by atoms with Gasteiger partial charge in [-0.05, 0) is 31.4 Å². The number of carbonyl (C=O) groups excluding carboxylic acids is 1. The number of nitrogens with two attached hydrogens (primary N) is 1. The first-order valence-electron chi connectivity index (χ1n) is 6.93. The van der Waals surface area contributed by atoms with Gasteiger partial charge in [0.2, 0.25) is 0 Å². The van der Waals surface area contributed by atoms with Crippen molar-refractivity contribution in [1.29, 1.82) is 0 Å². The van der Waals surface area contributed by atoms with E-state index in [0.29, 0.717) is 6.42 Å². The Morgan fingerprint density at radius 2 is 2.14 bits per heavy atom. The average Bonchev–Trinajstić information content (AvgIpc) is 2.35. The average molecular weight is 299 g/mol. The second-order valence-corrected chi connectivity index (χ2v) is 5.88. The summed E-state index contributed by atoms with van der Waals surface area (Å²) in [5.74, 6) is -0.565. The molecule has 1 aromatic heterocycles. The summed E-state index contributed by atoms with van der Waals surface area (Å²) in [7, 11) is 0. The van der Waals surface area contributed by atoms with Gasteiger partial charge in [-0.1, -0.05) is 6.42 Å².